The van der Waals surface area contributed by atoms with Gasteiger partial charge in [0.2, 0.25) is 0 Å². The van der Waals surface area contributed by atoms with Crippen LogP contribution >= 0.6 is 0 Å². The molecule has 0 saturated carbocycles. The topological polar surface area (TPSA) is 70.6 Å². The minimum atomic E-state index is -0.733. The summed E-state index contributed by atoms with van der Waals surface area (Å²) in [5, 5.41) is 15.8. The maximum atomic E-state index is 12.1. The molecule has 0 aromatic heterocycles. The highest BCUT2D eigenvalue weighted by atomic mass is 16.5. The standard InChI is InChI=1S/C20H26N2O3/c1-4-25-17-10-7-9-16(12-17)15(3)22-20(24)21-13-19(23)18-11-6-5-8-14(18)2/h5-12,15,19,23H,4,13H2,1-3H3,(H2,21,22,24). The average molecular weight is 342 g/mol. The van der Waals surface area contributed by atoms with E-state index in [4.69, 9.17) is 4.74 Å². The quantitative estimate of drug-likeness (QED) is 0.721. The van der Waals surface area contributed by atoms with Crippen molar-refractivity contribution in [3.63, 3.8) is 0 Å². The molecular formula is C20H26N2O3. The lowest BCUT2D eigenvalue weighted by atomic mass is 10.0. The lowest BCUT2D eigenvalue weighted by Crippen LogP contribution is -2.39. The molecule has 0 saturated heterocycles. The predicted octanol–water partition coefficient (Wildman–Crippen LogP) is 3.49. The number of carbonyl (C=O) groups excluding carboxylic acids is 1. The van der Waals surface area contributed by atoms with Crippen LogP contribution in [0.5, 0.6) is 5.75 Å². The Morgan fingerprint density at radius 3 is 2.68 bits per heavy atom. The highest BCUT2D eigenvalue weighted by molar-refractivity contribution is 5.74. The van der Waals surface area contributed by atoms with Gasteiger partial charge in [-0.1, -0.05) is 36.4 Å². The highest BCUT2D eigenvalue weighted by Crippen LogP contribution is 2.19. The van der Waals surface area contributed by atoms with Crippen LogP contribution in [0.25, 0.3) is 0 Å². The maximum Gasteiger partial charge on any atom is 0.315 e. The van der Waals surface area contributed by atoms with E-state index in [2.05, 4.69) is 10.6 Å². The van der Waals surface area contributed by atoms with Gasteiger partial charge in [-0.25, -0.2) is 4.79 Å². The molecule has 3 N–H and O–H groups in total. The Kier molecular flexibility index (Phi) is 6.83. The average Bonchev–Trinajstić information content (AvgIpc) is 2.60. The molecule has 0 heterocycles. The Bertz CT molecular complexity index is 703. The summed E-state index contributed by atoms with van der Waals surface area (Å²) in [6.45, 7) is 6.53. The van der Waals surface area contributed by atoms with Crippen molar-refractivity contribution >= 4 is 6.03 Å². The zero-order valence-electron chi connectivity index (χ0n) is 15.0. The summed E-state index contributed by atoms with van der Waals surface area (Å²) in [5.74, 6) is 0.782. The Labute approximate surface area is 149 Å². The largest absolute Gasteiger partial charge is 0.494 e. The smallest absolute Gasteiger partial charge is 0.315 e. The molecule has 134 valence electrons. The molecule has 2 aromatic rings. The summed E-state index contributed by atoms with van der Waals surface area (Å²) < 4.78 is 5.48. The third-order valence-corrected chi connectivity index (χ3v) is 4.02. The number of hydrogen-bond acceptors (Lipinski definition) is 3. The zero-order chi connectivity index (χ0) is 18.2. The van der Waals surface area contributed by atoms with Crippen molar-refractivity contribution in [2.24, 2.45) is 0 Å². The van der Waals surface area contributed by atoms with E-state index >= 15 is 0 Å². The van der Waals surface area contributed by atoms with E-state index in [-0.39, 0.29) is 18.6 Å². The molecule has 2 aromatic carbocycles. The molecule has 0 spiro atoms. The molecule has 2 amide bonds. The molecule has 0 radical (unpaired) electrons. The van der Waals surface area contributed by atoms with Crippen LogP contribution in [0.1, 0.15) is 42.7 Å². The van der Waals surface area contributed by atoms with Crippen molar-refractivity contribution in [3.8, 4) is 5.75 Å². The fourth-order valence-electron chi connectivity index (χ4n) is 2.63. The number of aryl methyl sites for hydroxylation is 1. The summed E-state index contributed by atoms with van der Waals surface area (Å²) in [7, 11) is 0. The van der Waals surface area contributed by atoms with Crippen molar-refractivity contribution in [3.05, 3.63) is 65.2 Å². The van der Waals surface area contributed by atoms with Gasteiger partial charge in [0.25, 0.3) is 0 Å². The normalized spacial score (nSPS) is 13.0. The molecule has 0 aliphatic heterocycles. The first-order chi connectivity index (χ1) is 12.0. The van der Waals surface area contributed by atoms with Gasteiger partial charge >= 0.3 is 6.03 Å². The van der Waals surface area contributed by atoms with E-state index < -0.39 is 6.10 Å². The van der Waals surface area contributed by atoms with Gasteiger partial charge in [-0.2, -0.15) is 0 Å². The molecular weight excluding hydrogens is 316 g/mol. The van der Waals surface area contributed by atoms with Crippen LogP contribution in [0.2, 0.25) is 0 Å². The molecule has 0 aliphatic rings. The van der Waals surface area contributed by atoms with Crippen LogP contribution < -0.4 is 15.4 Å². The van der Waals surface area contributed by atoms with Crippen molar-refractivity contribution in [1.82, 2.24) is 10.6 Å². The molecule has 5 heteroatoms. The molecule has 0 fully saturated rings. The van der Waals surface area contributed by atoms with Crippen LogP contribution in [0, 0.1) is 6.92 Å². The third-order valence-electron chi connectivity index (χ3n) is 4.02. The number of amides is 2. The van der Waals surface area contributed by atoms with Gasteiger partial charge in [0.05, 0.1) is 18.8 Å². The van der Waals surface area contributed by atoms with Crippen molar-refractivity contribution in [2.75, 3.05) is 13.2 Å². The lowest BCUT2D eigenvalue weighted by molar-refractivity contribution is 0.172. The number of benzene rings is 2. The monoisotopic (exact) mass is 342 g/mol. The first-order valence-electron chi connectivity index (χ1n) is 8.52. The van der Waals surface area contributed by atoms with E-state index in [0.29, 0.717) is 6.61 Å². The summed E-state index contributed by atoms with van der Waals surface area (Å²) in [4.78, 5) is 12.1. The Morgan fingerprint density at radius 2 is 1.96 bits per heavy atom. The van der Waals surface area contributed by atoms with Crippen molar-refractivity contribution in [2.45, 2.75) is 32.9 Å². The number of nitrogens with one attached hydrogen (secondary N) is 2. The second-order valence-corrected chi connectivity index (χ2v) is 5.95. The number of rotatable bonds is 7. The summed E-state index contributed by atoms with van der Waals surface area (Å²) in [5.41, 5.74) is 2.78. The van der Waals surface area contributed by atoms with Gasteiger partial charge in [-0.05, 0) is 49.6 Å². The zero-order valence-corrected chi connectivity index (χ0v) is 15.0. The van der Waals surface area contributed by atoms with Gasteiger partial charge in [-0.3, -0.25) is 0 Å². The van der Waals surface area contributed by atoms with E-state index in [0.717, 1.165) is 22.4 Å². The summed E-state index contributed by atoms with van der Waals surface area (Å²) in [6.07, 6.45) is -0.733. The van der Waals surface area contributed by atoms with E-state index in [1.807, 2.05) is 69.3 Å². The van der Waals surface area contributed by atoms with Gasteiger partial charge in [0.15, 0.2) is 0 Å². The van der Waals surface area contributed by atoms with Gasteiger partial charge in [0.1, 0.15) is 5.75 Å². The highest BCUT2D eigenvalue weighted by Gasteiger charge is 2.13. The van der Waals surface area contributed by atoms with Crippen LogP contribution in [0.4, 0.5) is 4.79 Å². The fourth-order valence-corrected chi connectivity index (χ4v) is 2.63. The second kappa shape index (κ2) is 9.08. The number of carbonyl (C=O) groups is 1. The SMILES string of the molecule is CCOc1cccc(C(C)NC(=O)NCC(O)c2ccccc2C)c1. The fraction of sp³-hybridized carbons (Fsp3) is 0.350. The lowest BCUT2D eigenvalue weighted by Gasteiger charge is -2.18. The van der Waals surface area contributed by atoms with Crippen LogP contribution in [-0.2, 0) is 0 Å². The van der Waals surface area contributed by atoms with E-state index in [1.165, 1.54) is 0 Å². The molecule has 5 nitrogen and oxygen atoms in total. The Hall–Kier alpha value is -2.53. The number of urea groups is 1. The Morgan fingerprint density at radius 1 is 1.20 bits per heavy atom. The van der Waals surface area contributed by atoms with Gasteiger partial charge in [0, 0.05) is 6.54 Å². The molecule has 25 heavy (non-hydrogen) atoms. The molecule has 2 atom stereocenters. The summed E-state index contributed by atoms with van der Waals surface area (Å²) in [6, 6.07) is 14.7. The second-order valence-electron chi connectivity index (χ2n) is 5.95. The van der Waals surface area contributed by atoms with E-state index in [9.17, 15) is 9.90 Å². The number of aliphatic hydroxyl groups excluding tert-OH is 1. The maximum absolute atomic E-state index is 12.1. The minimum Gasteiger partial charge on any atom is -0.494 e. The van der Waals surface area contributed by atoms with Crippen LogP contribution in [0.15, 0.2) is 48.5 Å². The molecule has 0 aliphatic carbocycles. The number of ether oxygens (including phenoxy) is 1. The first kappa shape index (κ1) is 18.8. The molecule has 2 unspecified atom stereocenters. The van der Waals surface area contributed by atoms with E-state index in [1.54, 1.807) is 0 Å². The third kappa shape index (κ3) is 5.50. The van der Waals surface area contributed by atoms with Gasteiger partial charge in [-0.15, -0.1) is 0 Å². The minimum absolute atomic E-state index is 0.155. The van der Waals surface area contributed by atoms with Crippen molar-refractivity contribution in [1.29, 1.82) is 0 Å². The van der Waals surface area contributed by atoms with Gasteiger partial charge < -0.3 is 20.5 Å². The first-order valence-corrected chi connectivity index (χ1v) is 8.52. The number of hydrogen-bond donors (Lipinski definition) is 3. The van der Waals surface area contributed by atoms with Crippen molar-refractivity contribution < 1.29 is 14.6 Å². The van der Waals surface area contributed by atoms with Crippen LogP contribution in [-0.4, -0.2) is 24.3 Å². The molecule has 2 rings (SSSR count). The Balaban J connectivity index is 1.87. The van der Waals surface area contributed by atoms with Crippen LogP contribution in [0.3, 0.4) is 0 Å². The predicted molar refractivity (Wildman–Crippen MR) is 98.7 cm³/mol. The molecule has 0 bridgehead atoms. The number of aliphatic hydroxyl groups is 1. The summed E-state index contributed by atoms with van der Waals surface area (Å²) >= 11 is 0.